The van der Waals surface area contributed by atoms with E-state index in [9.17, 15) is 4.79 Å². The van der Waals surface area contributed by atoms with Crippen LogP contribution >= 0.6 is 0 Å². The third-order valence-electron chi connectivity index (χ3n) is 1.66. The molecule has 0 radical (unpaired) electrons. The first kappa shape index (κ1) is 12.2. The van der Waals surface area contributed by atoms with Crippen LogP contribution in [0, 0.1) is 0 Å². The van der Waals surface area contributed by atoms with Gasteiger partial charge < -0.3 is 9.47 Å². The van der Waals surface area contributed by atoms with Crippen LogP contribution in [0.1, 0.15) is 26.2 Å². The first-order valence-corrected chi connectivity index (χ1v) is 4.25. The summed E-state index contributed by atoms with van der Waals surface area (Å²) in [6.07, 6.45) is 1.17. The molecule has 0 aromatic heterocycles. The second-order valence-corrected chi connectivity index (χ2v) is 2.58. The van der Waals surface area contributed by atoms with Gasteiger partial charge in [0.1, 0.15) is 0 Å². The van der Waals surface area contributed by atoms with Crippen molar-refractivity contribution in [3.63, 3.8) is 0 Å². The number of carbonyl (C=O) groups is 1. The molecular weight excluding hydrogens is 176 g/mol. The van der Waals surface area contributed by atoms with Crippen LogP contribution < -0.4 is 0 Å². The second kappa shape index (κ2) is 7.82. The van der Waals surface area contributed by atoms with Crippen LogP contribution in [-0.2, 0) is 14.4 Å². The fourth-order valence-corrected chi connectivity index (χ4v) is 0.857. The fraction of sp³-hybridized carbons (Fsp3) is 0.875. The number of carbonyl (C=O) groups excluding carboxylic acids is 1. The first-order valence-electron chi connectivity index (χ1n) is 4.25. The Kier molecular flexibility index (Phi) is 7.33. The predicted molar refractivity (Wildman–Crippen MR) is 45.4 cm³/mol. The minimum absolute atomic E-state index is 0.179. The molecule has 78 valence electrons. The van der Waals surface area contributed by atoms with E-state index in [4.69, 9.17) is 5.26 Å². The maximum absolute atomic E-state index is 10.5. The van der Waals surface area contributed by atoms with Crippen molar-refractivity contribution in [3.05, 3.63) is 0 Å². The van der Waals surface area contributed by atoms with E-state index in [0.717, 1.165) is 6.42 Å². The highest BCUT2D eigenvalue weighted by Crippen LogP contribution is 2.05. The molecule has 0 aromatic carbocycles. The van der Waals surface area contributed by atoms with Gasteiger partial charge in [0.15, 0.2) is 0 Å². The van der Waals surface area contributed by atoms with Gasteiger partial charge in [-0.3, -0.25) is 5.26 Å². The Morgan fingerprint density at radius 1 is 1.54 bits per heavy atom. The van der Waals surface area contributed by atoms with E-state index in [1.54, 1.807) is 0 Å². The van der Waals surface area contributed by atoms with Crippen LogP contribution in [-0.4, -0.2) is 31.2 Å². The molecule has 0 spiro atoms. The van der Waals surface area contributed by atoms with E-state index in [-0.39, 0.29) is 12.7 Å². The first-order chi connectivity index (χ1) is 6.24. The lowest BCUT2D eigenvalue weighted by Crippen LogP contribution is -2.12. The Bertz CT molecular complexity index is 132. The molecule has 0 heterocycles. The molecule has 5 heteroatoms. The third-order valence-corrected chi connectivity index (χ3v) is 1.66. The van der Waals surface area contributed by atoms with Crippen LogP contribution in [0.15, 0.2) is 0 Å². The highest BCUT2D eigenvalue weighted by molar-refractivity contribution is 5.59. The van der Waals surface area contributed by atoms with Crippen LogP contribution in [0.4, 0.5) is 4.79 Å². The normalized spacial score (nSPS) is 12.2. The molecule has 0 aliphatic rings. The van der Waals surface area contributed by atoms with Crippen molar-refractivity contribution in [2.75, 3.05) is 13.7 Å². The lowest BCUT2D eigenvalue weighted by molar-refractivity contribution is -0.280. The Morgan fingerprint density at radius 3 is 2.69 bits per heavy atom. The summed E-state index contributed by atoms with van der Waals surface area (Å²) in [6, 6.07) is 0. The fourth-order valence-electron chi connectivity index (χ4n) is 0.857. The van der Waals surface area contributed by atoms with Crippen molar-refractivity contribution in [2.45, 2.75) is 32.3 Å². The standard InChI is InChI=1S/C8H16O5/c1-3-7(13-10)5-4-6-12-8(9)11-2/h7,10H,3-6H2,1-2H3. The van der Waals surface area contributed by atoms with Gasteiger partial charge in [0, 0.05) is 0 Å². The molecule has 0 bridgehead atoms. The van der Waals surface area contributed by atoms with Gasteiger partial charge in [-0.2, -0.15) is 0 Å². The lowest BCUT2D eigenvalue weighted by atomic mass is 10.1. The van der Waals surface area contributed by atoms with Gasteiger partial charge in [0.2, 0.25) is 0 Å². The van der Waals surface area contributed by atoms with Crippen molar-refractivity contribution in [1.82, 2.24) is 0 Å². The number of methoxy groups -OCH3 is 1. The Hall–Kier alpha value is -0.810. The van der Waals surface area contributed by atoms with E-state index in [1.165, 1.54) is 7.11 Å². The summed E-state index contributed by atoms with van der Waals surface area (Å²) in [6.45, 7) is 2.19. The van der Waals surface area contributed by atoms with Crippen molar-refractivity contribution in [1.29, 1.82) is 0 Å². The van der Waals surface area contributed by atoms with Crippen LogP contribution in [0.25, 0.3) is 0 Å². The van der Waals surface area contributed by atoms with Gasteiger partial charge in [-0.1, -0.05) is 6.92 Å². The molecule has 5 nitrogen and oxygen atoms in total. The number of ether oxygens (including phenoxy) is 2. The van der Waals surface area contributed by atoms with Gasteiger partial charge in [0.05, 0.1) is 19.8 Å². The molecule has 0 aliphatic heterocycles. The molecule has 1 unspecified atom stereocenters. The molecule has 13 heavy (non-hydrogen) atoms. The minimum Gasteiger partial charge on any atom is -0.438 e. The van der Waals surface area contributed by atoms with Gasteiger partial charge in [-0.15, -0.1) is 0 Å². The maximum Gasteiger partial charge on any atom is 0.507 e. The van der Waals surface area contributed by atoms with Crippen molar-refractivity contribution < 1.29 is 24.4 Å². The molecule has 0 saturated heterocycles. The summed E-state index contributed by atoms with van der Waals surface area (Å²) in [5, 5.41) is 8.35. The number of hydrogen-bond donors (Lipinski definition) is 1. The topological polar surface area (TPSA) is 65.0 Å². The zero-order chi connectivity index (χ0) is 10.1. The minimum atomic E-state index is -0.682. The lowest BCUT2D eigenvalue weighted by Gasteiger charge is -2.09. The van der Waals surface area contributed by atoms with Crippen LogP contribution in [0.2, 0.25) is 0 Å². The zero-order valence-corrected chi connectivity index (χ0v) is 7.99. The van der Waals surface area contributed by atoms with Gasteiger partial charge in [-0.05, 0) is 19.3 Å². The van der Waals surface area contributed by atoms with Gasteiger partial charge >= 0.3 is 6.16 Å². The molecule has 0 aromatic rings. The van der Waals surface area contributed by atoms with Crippen molar-refractivity contribution >= 4 is 6.16 Å². The average molecular weight is 192 g/mol. The van der Waals surface area contributed by atoms with Crippen molar-refractivity contribution in [3.8, 4) is 0 Å². The highest BCUT2D eigenvalue weighted by Gasteiger charge is 2.06. The number of rotatable bonds is 6. The van der Waals surface area contributed by atoms with Gasteiger partial charge in [0.25, 0.3) is 0 Å². The summed E-state index contributed by atoms with van der Waals surface area (Å²) < 4.78 is 8.90. The maximum atomic E-state index is 10.5. The summed E-state index contributed by atoms with van der Waals surface area (Å²) in [5.41, 5.74) is 0. The Labute approximate surface area is 77.5 Å². The highest BCUT2D eigenvalue weighted by atomic mass is 17.1. The van der Waals surface area contributed by atoms with E-state index >= 15 is 0 Å². The van der Waals surface area contributed by atoms with E-state index in [1.807, 2.05) is 6.92 Å². The summed E-state index contributed by atoms with van der Waals surface area (Å²) in [7, 11) is 1.26. The second-order valence-electron chi connectivity index (χ2n) is 2.58. The molecule has 1 N–H and O–H groups in total. The molecular formula is C8H16O5. The monoisotopic (exact) mass is 192 g/mol. The zero-order valence-electron chi connectivity index (χ0n) is 7.99. The van der Waals surface area contributed by atoms with Gasteiger partial charge in [-0.25, -0.2) is 9.68 Å². The third kappa shape index (κ3) is 6.36. The Balaban J connectivity index is 3.28. The van der Waals surface area contributed by atoms with E-state index in [2.05, 4.69) is 14.4 Å². The Morgan fingerprint density at radius 2 is 2.23 bits per heavy atom. The van der Waals surface area contributed by atoms with Crippen LogP contribution in [0.3, 0.4) is 0 Å². The average Bonchev–Trinajstić information content (AvgIpc) is 2.18. The van der Waals surface area contributed by atoms with Crippen LogP contribution in [0.5, 0.6) is 0 Å². The molecule has 0 fully saturated rings. The predicted octanol–water partition coefficient (Wildman–Crippen LogP) is 1.82. The molecule has 0 rings (SSSR count). The summed E-state index contributed by atoms with van der Waals surface area (Å²) in [4.78, 5) is 14.6. The van der Waals surface area contributed by atoms with Crippen molar-refractivity contribution in [2.24, 2.45) is 0 Å². The van der Waals surface area contributed by atoms with E-state index in [0.29, 0.717) is 12.8 Å². The largest absolute Gasteiger partial charge is 0.507 e. The molecule has 0 amide bonds. The summed E-state index contributed by atoms with van der Waals surface area (Å²) in [5.74, 6) is 0. The molecule has 1 atom stereocenters. The van der Waals surface area contributed by atoms with E-state index < -0.39 is 6.16 Å². The number of hydrogen-bond acceptors (Lipinski definition) is 5. The molecule has 0 saturated carbocycles. The SMILES string of the molecule is CCC(CCCOC(=O)OC)OO. The quantitative estimate of drug-likeness (QED) is 0.301. The smallest absolute Gasteiger partial charge is 0.438 e. The molecule has 0 aliphatic carbocycles. The summed E-state index contributed by atoms with van der Waals surface area (Å²) >= 11 is 0.